The molecule has 0 aliphatic rings. The first-order valence-electron chi connectivity index (χ1n) is 5.00. The van der Waals surface area contributed by atoms with Crippen LogP contribution in [-0.4, -0.2) is 22.5 Å². The Bertz CT molecular complexity index is 389. The van der Waals surface area contributed by atoms with Gasteiger partial charge in [0.1, 0.15) is 5.01 Å². The van der Waals surface area contributed by atoms with Crippen molar-refractivity contribution >= 4 is 23.7 Å². The van der Waals surface area contributed by atoms with E-state index >= 15 is 0 Å². The fraction of sp³-hybridized carbons (Fsp3) is 0.500. The van der Waals surface area contributed by atoms with Crippen LogP contribution in [0.15, 0.2) is 0 Å². The number of carbonyl (C=O) groups is 2. The second kappa shape index (κ2) is 5.60. The predicted octanol–water partition coefficient (Wildman–Crippen LogP) is 1.60. The molecule has 5 nitrogen and oxygen atoms in total. The van der Waals surface area contributed by atoms with E-state index in [1.54, 1.807) is 0 Å². The third-order valence-corrected chi connectivity index (χ3v) is 3.58. The summed E-state index contributed by atoms with van der Waals surface area (Å²) in [4.78, 5) is 25.9. The number of rotatable bonds is 6. The number of nitrogens with one attached hydrogen (secondary N) is 1. The molecule has 1 rings (SSSR count). The number of hydrogen-bond acceptors (Lipinski definition) is 4. The average molecular weight is 242 g/mol. The zero-order valence-corrected chi connectivity index (χ0v) is 10.0. The van der Waals surface area contributed by atoms with Gasteiger partial charge in [0.15, 0.2) is 5.69 Å². The maximum absolute atomic E-state index is 11.0. The van der Waals surface area contributed by atoms with E-state index in [-0.39, 0.29) is 18.2 Å². The highest BCUT2D eigenvalue weighted by atomic mass is 32.1. The average Bonchev–Trinajstić information content (AvgIpc) is 2.69. The summed E-state index contributed by atoms with van der Waals surface area (Å²) < 4.78 is 0. The Morgan fingerprint density at radius 1 is 1.69 bits per heavy atom. The number of carbonyl (C=O) groups excluding carboxylic acids is 1. The first-order valence-corrected chi connectivity index (χ1v) is 5.81. The minimum absolute atomic E-state index is 0.113. The van der Waals surface area contributed by atoms with Gasteiger partial charge in [0.2, 0.25) is 6.41 Å². The van der Waals surface area contributed by atoms with Crippen LogP contribution in [0.4, 0.5) is 0 Å². The lowest BCUT2D eigenvalue weighted by Gasteiger charge is -2.04. The van der Waals surface area contributed by atoms with Crippen molar-refractivity contribution in [2.75, 3.05) is 0 Å². The van der Waals surface area contributed by atoms with Crippen molar-refractivity contribution in [3.05, 3.63) is 15.6 Å². The number of amides is 1. The van der Waals surface area contributed by atoms with Crippen molar-refractivity contribution in [2.45, 2.75) is 32.7 Å². The molecule has 1 heterocycles. The molecule has 1 aromatic heterocycles. The van der Waals surface area contributed by atoms with Crippen LogP contribution in [0.3, 0.4) is 0 Å². The van der Waals surface area contributed by atoms with Crippen molar-refractivity contribution in [1.82, 2.24) is 10.3 Å². The fourth-order valence-electron chi connectivity index (χ4n) is 1.26. The zero-order chi connectivity index (χ0) is 12.1. The summed E-state index contributed by atoms with van der Waals surface area (Å²) >= 11 is 1.35. The summed E-state index contributed by atoms with van der Waals surface area (Å²) in [6.45, 7) is 4.25. The molecule has 0 aliphatic carbocycles. The van der Waals surface area contributed by atoms with E-state index in [0.717, 1.165) is 11.3 Å². The third kappa shape index (κ3) is 2.79. The topological polar surface area (TPSA) is 79.3 Å². The fourth-order valence-corrected chi connectivity index (χ4v) is 2.40. The first-order chi connectivity index (χ1) is 7.60. The van der Waals surface area contributed by atoms with E-state index in [1.165, 1.54) is 11.3 Å². The minimum atomic E-state index is -1.01. The van der Waals surface area contributed by atoms with Gasteiger partial charge in [-0.2, -0.15) is 0 Å². The molecule has 0 radical (unpaired) electrons. The SMILES string of the molecule is CC[C@H](C)c1sc(CNC=O)nc1C(=O)O. The monoisotopic (exact) mass is 242 g/mol. The van der Waals surface area contributed by atoms with Crippen molar-refractivity contribution in [2.24, 2.45) is 0 Å². The van der Waals surface area contributed by atoms with Crippen molar-refractivity contribution in [1.29, 1.82) is 0 Å². The van der Waals surface area contributed by atoms with Gasteiger partial charge in [-0.15, -0.1) is 11.3 Å². The Labute approximate surface area is 97.5 Å². The van der Waals surface area contributed by atoms with E-state index in [2.05, 4.69) is 10.3 Å². The number of carboxylic acids is 1. The van der Waals surface area contributed by atoms with Crippen molar-refractivity contribution in [3.8, 4) is 0 Å². The van der Waals surface area contributed by atoms with Crippen LogP contribution < -0.4 is 5.32 Å². The summed E-state index contributed by atoms with van der Waals surface area (Å²) in [5.41, 5.74) is 0.113. The number of nitrogens with zero attached hydrogens (tertiary/aromatic N) is 1. The molecule has 1 atom stereocenters. The molecular formula is C10H14N2O3S. The van der Waals surface area contributed by atoms with Crippen molar-refractivity contribution in [3.63, 3.8) is 0 Å². The maximum atomic E-state index is 11.0. The van der Waals surface area contributed by atoms with Gasteiger partial charge in [-0.25, -0.2) is 9.78 Å². The lowest BCUT2D eigenvalue weighted by atomic mass is 10.1. The number of carboxylic acid groups (broad SMARTS) is 1. The van der Waals surface area contributed by atoms with Gasteiger partial charge in [-0.3, -0.25) is 4.79 Å². The van der Waals surface area contributed by atoms with Gasteiger partial charge in [-0.05, 0) is 12.3 Å². The largest absolute Gasteiger partial charge is 0.476 e. The molecule has 0 bridgehead atoms. The maximum Gasteiger partial charge on any atom is 0.355 e. The number of aromatic carboxylic acids is 1. The molecule has 0 spiro atoms. The van der Waals surface area contributed by atoms with Gasteiger partial charge >= 0.3 is 5.97 Å². The molecule has 0 aliphatic heterocycles. The van der Waals surface area contributed by atoms with Gasteiger partial charge in [0.25, 0.3) is 0 Å². The van der Waals surface area contributed by atoms with E-state index in [1.807, 2.05) is 13.8 Å². The Morgan fingerprint density at radius 3 is 2.88 bits per heavy atom. The van der Waals surface area contributed by atoms with Crippen molar-refractivity contribution < 1.29 is 14.7 Å². The zero-order valence-electron chi connectivity index (χ0n) is 9.19. The van der Waals surface area contributed by atoms with E-state index in [4.69, 9.17) is 5.11 Å². The number of aromatic nitrogens is 1. The third-order valence-electron chi connectivity index (χ3n) is 2.30. The van der Waals surface area contributed by atoms with Crippen LogP contribution in [0.1, 0.15) is 46.6 Å². The van der Waals surface area contributed by atoms with Gasteiger partial charge in [0, 0.05) is 4.88 Å². The molecule has 0 saturated carbocycles. The van der Waals surface area contributed by atoms with Gasteiger partial charge < -0.3 is 10.4 Å². The molecule has 0 fully saturated rings. The Morgan fingerprint density at radius 2 is 2.38 bits per heavy atom. The standard InChI is InChI=1S/C10H14N2O3S/c1-3-6(2)9-8(10(14)15)12-7(16-9)4-11-5-13/h5-6H,3-4H2,1-2H3,(H,11,13)(H,14,15)/t6-/m0/s1. The van der Waals surface area contributed by atoms with Crippen LogP contribution in [0.5, 0.6) is 0 Å². The highest BCUT2D eigenvalue weighted by Crippen LogP contribution is 2.29. The van der Waals surface area contributed by atoms with Crippen LogP contribution >= 0.6 is 11.3 Å². The molecule has 2 N–H and O–H groups in total. The highest BCUT2D eigenvalue weighted by Gasteiger charge is 2.20. The Hall–Kier alpha value is -1.43. The lowest BCUT2D eigenvalue weighted by molar-refractivity contribution is -0.109. The summed E-state index contributed by atoms with van der Waals surface area (Å²) in [5.74, 6) is -0.836. The number of thiazole rings is 1. The predicted molar refractivity (Wildman–Crippen MR) is 60.7 cm³/mol. The molecule has 1 aromatic rings. The van der Waals surface area contributed by atoms with E-state index in [9.17, 15) is 9.59 Å². The molecule has 88 valence electrons. The smallest absolute Gasteiger partial charge is 0.355 e. The molecule has 16 heavy (non-hydrogen) atoms. The summed E-state index contributed by atoms with van der Waals surface area (Å²) in [5, 5.41) is 12.1. The Kier molecular flexibility index (Phi) is 4.42. The summed E-state index contributed by atoms with van der Waals surface area (Å²) in [7, 11) is 0. The highest BCUT2D eigenvalue weighted by molar-refractivity contribution is 7.12. The summed E-state index contributed by atoms with van der Waals surface area (Å²) in [6.07, 6.45) is 1.44. The van der Waals surface area contributed by atoms with Crippen LogP contribution in [0.25, 0.3) is 0 Å². The van der Waals surface area contributed by atoms with E-state index in [0.29, 0.717) is 11.4 Å². The quantitative estimate of drug-likeness (QED) is 0.743. The second-order valence-corrected chi connectivity index (χ2v) is 4.55. The molecular weight excluding hydrogens is 228 g/mol. The molecule has 6 heteroatoms. The van der Waals surface area contributed by atoms with Crippen LogP contribution in [-0.2, 0) is 11.3 Å². The Balaban J connectivity index is 2.99. The van der Waals surface area contributed by atoms with Crippen LogP contribution in [0, 0.1) is 0 Å². The first kappa shape index (κ1) is 12.6. The normalized spacial score (nSPS) is 12.1. The van der Waals surface area contributed by atoms with Gasteiger partial charge in [-0.1, -0.05) is 13.8 Å². The molecule has 1 amide bonds. The van der Waals surface area contributed by atoms with Crippen LogP contribution in [0.2, 0.25) is 0 Å². The van der Waals surface area contributed by atoms with E-state index < -0.39 is 5.97 Å². The second-order valence-electron chi connectivity index (χ2n) is 3.43. The summed E-state index contributed by atoms with van der Waals surface area (Å²) in [6, 6.07) is 0. The minimum Gasteiger partial charge on any atom is -0.476 e. The number of hydrogen-bond donors (Lipinski definition) is 2. The van der Waals surface area contributed by atoms with Gasteiger partial charge in [0.05, 0.1) is 6.54 Å². The molecule has 0 unspecified atom stereocenters. The molecule has 0 aromatic carbocycles. The lowest BCUT2D eigenvalue weighted by Crippen LogP contribution is -2.09. The molecule has 0 saturated heterocycles.